The first-order valence-corrected chi connectivity index (χ1v) is 8.16. The molecule has 2 atom stereocenters. The van der Waals surface area contributed by atoms with E-state index in [0.29, 0.717) is 13.1 Å². The smallest absolute Gasteiger partial charge is 0.282 e. The highest BCUT2D eigenvalue weighted by Gasteiger charge is 2.31. The summed E-state index contributed by atoms with van der Waals surface area (Å²) in [4.78, 5) is 27.2. The number of nitrogens with zero attached hydrogens (tertiary/aromatic N) is 1. The largest absolute Gasteiger partial charge is 0.369 e. The van der Waals surface area contributed by atoms with Crippen molar-refractivity contribution in [2.24, 2.45) is 11.7 Å². The summed E-state index contributed by atoms with van der Waals surface area (Å²) in [5, 5.41) is 0. The number of para-hydroxylation sites is 1. The first-order chi connectivity index (χ1) is 10.6. The molecule has 2 heterocycles. The quantitative estimate of drug-likeness (QED) is 0.808. The molecule has 5 heteroatoms. The van der Waals surface area contributed by atoms with Crippen LogP contribution in [0.1, 0.15) is 24.8 Å². The molecule has 0 aromatic heterocycles. The third-order valence-electron chi connectivity index (χ3n) is 4.83. The number of nitrogens with two attached hydrogens (primary N) is 1. The van der Waals surface area contributed by atoms with Gasteiger partial charge < -0.3 is 15.5 Å². The summed E-state index contributed by atoms with van der Waals surface area (Å²) in [5.41, 5.74) is 7.73. The molecule has 1 fully saturated rings. The predicted octanol–water partition coefficient (Wildman–Crippen LogP) is -0.254. The van der Waals surface area contributed by atoms with E-state index in [1.807, 2.05) is 23.1 Å². The summed E-state index contributed by atoms with van der Waals surface area (Å²) in [6.45, 7) is 2.89. The topological polar surface area (TPSA) is 67.8 Å². The molecular formula is C17H24N3O2+. The number of fused-ring (bicyclic) bond motifs is 1. The molecule has 1 aromatic carbocycles. The highest BCUT2D eigenvalue weighted by atomic mass is 16.2. The van der Waals surface area contributed by atoms with E-state index in [2.05, 4.69) is 6.07 Å². The molecule has 0 aliphatic carbocycles. The number of likely N-dealkylation sites (tertiary alicyclic amines) is 1. The summed E-state index contributed by atoms with van der Waals surface area (Å²) >= 11 is 0. The normalized spacial score (nSPS) is 24.6. The van der Waals surface area contributed by atoms with Gasteiger partial charge in [-0.25, -0.2) is 0 Å². The maximum atomic E-state index is 12.7. The Bertz CT molecular complexity index is 573. The lowest BCUT2D eigenvalue weighted by Crippen LogP contribution is -3.15. The molecular weight excluding hydrogens is 278 g/mol. The minimum Gasteiger partial charge on any atom is -0.369 e. The van der Waals surface area contributed by atoms with Crippen LogP contribution in [-0.2, 0) is 16.0 Å². The summed E-state index contributed by atoms with van der Waals surface area (Å²) in [5.74, 6) is -0.148. The van der Waals surface area contributed by atoms with E-state index in [1.165, 1.54) is 10.5 Å². The average Bonchev–Trinajstić information content (AvgIpc) is 2.54. The fourth-order valence-electron chi connectivity index (χ4n) is 3.66. The van der Waals surface area contributed by atoms with Crippen LogP contribution >= 0.6 is 0 Å². The van der Waals surface area contributed by atoms with E-state index in [1.54, 1.807) is 0 Å². The zero-order valence-corrected chi connectivity index (χ0v) is 12.9. The van der Waals surface area contributed by atoms with Crippen molar-refractivity contribution in [2.75, 3.05) is 31.1 Å². The van der Waals surface area contributed by atoms with Crippen molar-refractivity contribution < 1.29 is 14.5 Å². The van der Waals surface area contributed by atoms with Crippen molar-refractivity contribution in [3.8, 4) is 0 Å². The second-order valence-corrected chi connectivity index (χ2v) is 6.40. The van der Waals surface area contributed by atoms with Gasteiger partial charge >= 0.3 is 0 Å². The van der Waals surface area contributed by atoms with Gasteiger partial charge in [-0.15, -0.1) is 0 Å². The molecule has 0 saturated carbocycles. The van der Waals surface area contributed by atoms with Gasteiger partial charge in [0.25, 0.3) is 5.91 Å². The number of carbonyl (C=O) groups is 2. The molecule has 2 amide bonds. The molecule has 2 aliphatic heterocycles. The summed E-state index contributed by atoms with van der Waals surface area (Å²) in [6.07, 6.45) is 3.88. The zero-order valence-electron chi connectivity index (χ0n) is 12.9. The van der Waals surface area contributed by atoms with Gasteiger partial charge in [0.15, 0.2) is 6.54 Å². The molecule has 5 nitrogen and oxygen atoms in total. The molecule has 3 rings (SSSR count). The third kappa shape index (κ3) is 3.14. The number of rotatable bonds is 3. The Morgan fingerprint density at radius 3 is 2.91 bits per heavy atom. The lowest BCUT2D eigenvalue weighted by molar-refractivity contribution is -0.899. The van der Waals surface area contributed by atoms with Crippen LogP contribution in [-0.4, -0.2) is 38.0 Å². The fraction of sp³-hybridized carbons (Fsp3) is 0.529. The minimum absolute atomic E-state index is 0.0785. The molecule has 0 spiro atoms. The molecule has 0 radical (unpaired) electrons. The Hall–Kier alpha value is -1.88. The van der Waals surface area contributed by atoms with Gasteiger partial charge in [0, 0.05) is 12.2 Å². The summed E-state index contributed by atoms with van der Waals surface area (Å²) < 4.78 is 0. The molecule has 1 aromatic rings. The van der Waals surface area contributed by atoms with Crippen LogP contribution in [0.15, 0.2) is 24.3 Å². The number of hydrogen-bond donors (Lipinski definition) is 2. The number of piperidine rings is 1. The molecule has 3 N–H and O–H groups in total. The first kappa shape index (κ1) is 15.0. The van der Waals surface area contributed by atoms with Gasteiger partial charge in [0.05, 0.1) is 19.0 Å². The Morgan fingerprint density at radius 1 is 1.27 bits per heavy atom. The van der Waals surface area contributed by atoms with Crippen LogP contribution in [0.3, 0.4) is 0 Å². The minimum atomic E-state index is -0.229. The van der Waals surface area contributed by atoms with Gasteiger partial charge in [0.1, 0.15) is 0 Å². The summed E-state index contributed by atoms with van der Waals surface area (Å²) in [7, 11) is 0. The fourth-order valence-corrected chi connectivity index (χ4v) is 3.66. The molecule has 2 aliphatic rings. The maximum absolute atomic E-state index is 12.7. The number of carbonyl (C=O) groups excluding carboxylic acids is 2. The van der Waals surface area contributed by atoms with Crippen LogP contribution < -0.4 is 15.5 Å². The standard InChI is InChI=1S/C17H23N3O2/c18-17(22)14-7-3-9-19(11-14)12-16(21)20-10-4-6-13-5-1-2-8-15(13)20/h1-2,5,8,14H,3-4,6-7,9-12H2,(H2,18,22)/p+1/t14-/m0/s1. The van der Waals surface area contributed by atoms with Crippen molar-refractivity contribution in [3.63, 3.8) is 0 Å². The van der Waals surface area contributed by atoms with Crippen molar-refractivity contribution in [1.82, 2.24) is 0 Å². The van der Waals surface area contributed by atoms with Crippen LogP contribution in [0.2, 0.25) is 0 Å². The van der Waals surface area contributed by atoms with E-state index in [0.717, 1.165) is 44.5 Å². The van der Waals surface area contributed by atoms with Gasteiger partial charge in [-0.3, -0.25) is 9.59 Å². The number of hydrogen-bond acceptors (Lipinski definition) is 2. The van der Waals surface area contributed by atoms with Crippen molar-refractivity contribution in [1.29, 1.82) is 0 Å². The summed E-state index contributed by atoms with van der Waals surface area (Å²) in [6, 6.07) is 8.15. The van der Waals surface area contributed by atoms with E-state index in [9.17, 15) is 9.59 Å². The van der Waals surface area contributed by atoms with Crippen LogP contribution in [0, 0.1) is 5.92 Å². The number of anilines is 1. The van der Waals surface area contributed by atoms with E-state index in [4.69, 9.17) is 5.73 Å². The van der Waals surface area contributed by atoms with Crippen LogP contribution in [0.25, 0.3) is 0 Å². The lowest BCUT2D eigenvalue weighted by Gasteiger charge is -2.32. The highest BCUT2D eigenvalue weighted by Crippen LogP contribution is 2.26. The van der Waals surface area contributed by atoms with E-state index >= 15 is 0 Å². The molecule has 22 heavy (non-hydrogen) atoms. The number of amides is 2. The Balaban J connectivity index is 1.67. The second kappa shape index (κ2) is 6.48. The van der Waals surface area contributed by atoms with Crippen LogP contribution in [0.5, 0.6) is 0 Å². The predicted molar refractivity (Wildman–Crippen MR) is 84.6 cm³/mol. The van der Waals surface area contributed by atoms with Gasteiger partial charge in [0.2, 0.25) is 5.91 Å². The molecule has 1 saturated heterocycles. The average molecular weight is 302 g/mol. The van der Waals surface area contributed by atoms with E-state index < -0.39 is 0 Å². The number of aryl methyl sites for hydroxylation is 1. The van der Waals surface area contributed by atoms with Gasteiger partial charge in [-0.2, -0.15) is 0 Å². The molecule has 118 valence electrons. The van der Waals surface area contributed by atoms with Crippen molar-refractivity contribution in [2.45, 2.75) is 25.7 Å². The van der Waals surface area contributed by atoms with Crippen molar-refractivity contribution in [3.05, 3.63) is 29.8 Å². The van der Waals surface area contributed by atoms with Crippen LogP contribution in [0.4, 0.5) is 5.69 Å². The highest BCUT2D eigenvalue weighted by molar-refractivity contribution is 5.95. The van der Waals surface area contributed by atoms with Crippen molar-refractivity contribution >= 4 is 17.5 Å². The first-order valence-electron chi connectivity index (χ1n) is 8.16. The Morgan fingerprint density at radius 2 is 2.09 bits per heavy atom. The molecule has 1 unspecified atom stereocenters. The number of nitrogens with one attached hydrogen (secondary N) is 1. The van der Waals surface area contributed by atoms with Gasteiger partial charge in [-0.05, 0) is 37.3 Å². The third-order valence-corrected chi connectivity index (χ3v) is 4.83. The zero-order chi connectivity index (χ0) is 15.5. The second-order valence-electron chi connectivity index (χ2n) is 6.40. The lowest BCUT2D eigenvalue weighted by atomic mass is 9.97. The number of quaternary nitrogens is 1. The maximum Gasteiger partial charge on any atom is 0.282 e. The Labute approximate surface area is 131 Å². The molecule has 0 bridgehead atoms. The number of benzene rings is 1. The van der Waals surface area contributed by atoms with Gasteiger partial charge in [-0.1, -0.05) is 18.2 Å². The monoisotopic (exact) mass is 302 g/mol. The Kier molecular flexibility index (Phi) is 4.43. The van der Waals surface area contributed by atoms with E-state index in [-0.39, 0.29) is 17.7 Å². The number of primary amides is 1. The SMILES string of the molecule is NC(=O)[C@H]1CCC[NH+](CC(=O)N2CCCc3ccccc32)C1.